The van der Waals surface area contributed by atoms with Gasteiger partial charge in [-0.15, -0.1) is 0 Å². The molecule has 0 unspecified atom stereocenters. The highest BCUT2D eigenvalue weighted by molar-refractivity contribution is 5.79. The fourth-order valence-electron chi connectivity index (χ4n) is 1.02. The van der Waals surface area contributed by atoms with Gasteiger partial charge in [0.15, 0.2) is 0 Å². The van der Waals surface area contributed by atoms with Crippen LogP contribution in [0.4, 0.5) is 0 Å². The summed E-state index contributed by atoms with van der Waals surface area (Å²) in [6, 6.07) is 8.01. The van der Waals surface area contributed by atoms with Gasteiger partial charge >= 0.3 is 0 Å². The molecule has 0 heterocycles. The molecule has 3 nitrogen and oxygen atoms in total. The second kappa shape index (κ2) is 4.51. The summed E-state index contributed by atoms with van der Waals surface area (Å²) in [5.74, 6) is 5.01. The number of rotatable bonds is 3. The van der Waals surface area contributed by atoms with Crippen molar-refractivity contribution in [1.82, 2.24) is 0 Å². The molecule has 0 atom stereocenters. The minimum atomic E-state index is 0.685. The molecule has 64 valence electrons. The van der Waals surface area contributed by atoms with E-state index in [9.17, 15) is 0 Å². The zero-order valence-corrected chi connectivity index (χ0v) is 6.90. The highest BCUT2D eigenvalue weighted by atomic mass is 15.1. The lowest BCUT2D eigenvalue weighted by Crippen LogP contribution is -2.02. The lowest BCUT2D eigenvalue weighted by Gasteiger charge is -1.97. The minimum Gasteiger partial charge on any atom is -0.330 e. The first-order valence-electron chi connectivity index (χ1n) is 3.89. The second-order valence-electron chi connectivity index (χ2n) is 2.56. The van der Waals surface area contributed by atoms with Crippen molar-refractivity contribution >= 4 is 6.21 Å². The Morgan fingerprint density at radius 2 is 1.92 bits per heavy atom. The van der Waals surface area contributed by atoms with Gasteiger partial charge in [0.2, 0.25) is 0 Å². The van der Waals surface area contributed by atoms with Crippen molar-refractivity contribution in [2.75, 3.05) is 6.54 Å². The van der Waals surface area contributed by atoms with Gasteiger partial charge in [-0.3, -0.25) is 0 Å². The van der Waals surface area contributed by atoms with E-state index < -0.39 is 0 Å². The van der Waals surface area contributed by atoms with Crippen molar-refractivity contribution in [1.29, 1.82) is 0 Å². The molecule has 1 rings (SSSR count). The van der Waals surface area contributed by atoms with Gasteiger partial charge in [-0.25, -0.2) is 0 Å². The Kier molecular flexibility index (Phi) is 3.29. The van der Waals surface area contributed by atoms with Crippen LogP contribution >= 0.6 is 0 Å². The van der Waals surface area contributed by atoms with Crippen LogP contribution in [0.3, 0.4) is 0 Å². The zero-order valence-electron chi connectivity index (χ0n) is 6.90. The van der Waals surface area contributed by atoms with E-state index in [2.05, 4.69) is 5.10 Å². The molecule has 1 aromatic rings. The van der Waals surface area contributed by atoms with Crippen LogP contribution in [-0.2, 0) is 6.42 Å². The summed E-state index contributed by atoms with van der Waals surface area (Å²) in [7, 11) is 0. The van der Waals surface area contributed by atoms with Crippen molar-refractivity contribution in [3.63, 3.8) is 0 Å². The third-order valence-corrected chi connectivity index (χ3v) is 1.64. The van der Waals surface area contributed by atoms with E-state index in [0.29, 0.717) is 6.54 Å². The summed E-state index contributed by atoms with van der Waals surface area (Å²) in [5, 5.41) is 3.43. The number of hydrogen-bond acceptors (Lipinski definition) is 3. The molecule has 1 aromatic carbocycles. The third kappa shape index (κ3) is 2.36. The molecule has 12 heavy (non-hydrogen) atoms. The van der Waals surface area contributed by atoms with Crippen LogP contribution in [0.25, 0.3) is 0 Å². The fraction of sp³-hybridized carbons (Fsp3) is 0.222. The molecule has 0 radical (unpaired) electrons. The van der Waals surface area contributed by atoms with E-state index in [1.807, 2.05) is 24.3 Å². The van der Waals surface area contributed by atoms with Gasteiger partial charge in [0, 0.05) is 0 Å². The highest BCUT2D eigenvalue weighted by Gasteiger charge is 1.90. The predicted octanol–water partition coefficient (Wildman–Crippen LogP) is 0.480. The largest absolute Gasteiger partial charge is 0.330 e. The Bertz CT molecular complexity index is 251. The Morgan fingerprint density at radius 1 is 1.25 bits per heavy atom. The van der Waals surface area contributed by atoms with E-state index in [0.717, 1.165) is 12.0 Å². The normalized spacial score (nSPS) is 10.8. The molecule has 3 heteroatoms. The molecule has 0 aliphatic heterocycles. The van der Waals surface area contributed by atoms with Crippen molar-refractivity contribution in [3.8, 4) is 0 Å². The first kappa shape index (κ1) is 8.74. The fourth-order valence-corrected chi connectivity index (χ4v) is 1.02. The molecule has 0 aliphatic rings. The number of benzene rings is 1. The van der Waals surface area contributed by atoms with Gasteiger partial charge in [0.25, 0.3) is 0 Å². The lowest BCUT2D eigenvalue weighted by atomic mass is 10.1. The quantitative estimate of drug-likeness (QED) is 0.387. The van der Waals surface area contributed by atoms with Gasteiger partial charge < -0.3 is 11.6 Å². The predicted molar refractivity (Wildman–Crippen MR) is 51.0 cm³/mol. The van der Waals surface area contributed by atoms with E-state index in [4.69, 9.17) is 11.6 Å². The maximum Gasteiger partial charge on any atom is 0.0538 e. The van der Waals surface area contributed by atoms with Crippen LogP contribution in [0.1, 0.15) is 11.1 Å². The molecule has 0 bridgehead atoms. The Morgan fingerprint density at radius 3 is 2.42 bits per heavy atom. The Balaban J connectivity index is 2.71. The molecule has 0 fully saturated rings. The monoisotopic (exact) mass is 163 g/mol. The summed E-state index contributed by atoms with van der Waals surface area (Å²) in [6.07, 6.45) is 2.53. The van der Waals surface area contributed by atoms with E-state index in [1.54, 1.807) is 6.21 Å². The molecule has 0 saturated heterocycles. The molecular formula is C9H13N3. The SMILES string of the molecule is NCCc1ccc(/C=N/N)cc1. The van der Waals surface area contributed by atoms with Gasteiger partial charge in [-0.1, -0.05) is 24.3 Å². The number of hydrazone groups is 1. The molecule has 0 aliphatic carbocycles. The van der Waals surface area contributed by atoms with E-state index >= 15 is 0 Å². The van der Waals surface area contributed by atoms with Crippen LogP contribution in [0.5, 0.6) is 0 Å². The lowest BCUT2D eigenvalue weighted by molar-refractivity contribution is 0.969. The summed E-state index contributed by atoms with van der Waals surface area (Å²) in [4.78, 5) is 0. The summed E-state index contributed by atoms with van der Waals surface area (Å²) < 4.78 is 0. The van der Waals surface area contributed by atoms with Gasteiger partial charge in [0.1, 0.15) is 0 Å². The third-order valence-electron chi connectivity index (χ3n) is 1.64. The minimum absolute atomic E-state index is 0.685. The Labute approximate surface area is 72.1 Å². The van der Waals surface area contributed by atoms with E-state index in [-0.39, 0.29) is 0 Å². The molecule has 4 N–H and O–H groups in total. The molecule has 0 spiro atoms. The Hall–Kier alpha value is -1.35. The number of nitrogens with two attached hydrogens (primary N) is 2. The van der Waals surface area contributed by atoms with Crippen molar-refractivity contribution in [2.24, 2.45) is 16.7 Å². The van der Waals surface area contributed by atoms with E-state index in [1.165, 1.54) is 5.56 Å². The van der Waals surface area contributed by atoms with Crippen LogP contribution in [0.2, 0.25) is 0 Å². The van der Waals surface area contributed by atoms with Gasteiger partial charge in [0.05, 0.1) is 6.21 Å². The van der Waals surface area contributed by atoms with Crippen LogP contribution < -0.4 is 11.6 Å². The van der Waals surface area contributed by atoms with Crippen molar-refractivity contribution in [3.05, 3.63) is 35.4 Å². The molecule has 0 saturated carbocycles. The summed E-state index contributed by atoms with van der Waals surface area (Å²) in [6.45, 7) is 0.685. The second-order valence-corrected chi connectivity index (χ2v) is 2.56. The first-order chi connectivity index (χ1) is 5.86. The summed E-state index contributed by atoms with van der Waals surface area (Å²) >= 11 is 0. The standard InChI is InChI=1S/C9H13N3/c10-6-5-8-1-3-9(4-2-8)7-12-11/h1-4,7H,5-6,10-11H2/b12-7+. The van der Waals surface area contributed by atoms with Crippen molar-refractivity contribution < 1.29 is 0 Å². The number of hydrogen-bond donors (Lipinski definition) is 2. The molecule has 0 amide bonds. The maximum atomic E-state index is 5.41. The topological polar surface area (TPSA) is 64.4 Å². The van der Waals surface area contributed by atoms with Crippen LogP contribution in [-0.4, -0.2) is 12.8 Å². The average Bonchev–Trinajstić information content (AvgIpc) is 2.09. The molecule has 0 aromatic heterocycles. The zero-order chi connectivity index (χ0) is 8.81. The smallest absolute Gasteiger partial charge is 0.0538 e. The first-order valence-corrected chi connectivity index (χ1v) is 3.89. The van der Waals surface area contributed by atoms with Gasteiger partial charge in [-0.05, 0) is 24.1 Å². The van der Waals surface area contributed by atoms with Crippen LogP contribution in [0, 0.1) is 0 Å². The average molecular weight is 163 g/mol. The van der Waals surface area contributed by atoms with Crippen LogP contribution in [0.15, 0.2) is 29.4 Å². The number of nitrogens with zero attached hydrogens (tertiary/aromatic N) is 1. The maximum absolute atomic E-state index is 5.41. The summed E-state index contributed by atoms with van der Waals surface area (Å²) in [5.41, 5.74) is 7.67. The molecular weight excluding hydrogens is 150 g/mol. The van der Waals surface area contributed by atoms with Gasteiger partial charge in [-0.2, -0.15) is 5.10 Å². The highest BCUT2D eigenvalue weighted by Crippen LogP contribution is 2.02. The van der Waals surface area contributed by atoms with Crippen molar-refractivity contribution in [2.45, 2.75) is 6.42 Å².